The molecule has 0 saturated heterocycles. The standard InChI is InChI=1S/C16H19ClN2/c17-14-5-3-6-16(12-14)19-11-2-1-4-13-7-9-15(18)10-8-13/h3,5-10,12,19H,1-2,4,11,18H2. The molecule has 0 aromatic heterocycles. The minimum atomic E-state index is 0.770. The van der Waals surface area contributed by atoms with Gasteiger partial charge in [0.2, 0.25) is 0 Å². The maximum atomic E-state index is 5.93. The predicted octanol–water partition coefficient (Wildman–Crippen LogP) is 4.36. The zero-order chi connectivity index (χ0) is 13.5. The molecule has 0 spiro atoms. The van der Waals surface area contributed by atoms with Crippen molar-refractivity contribution in [2.75, 3.05) is 17.6 Å². The van der Waals surface area contributed by atoms with Crippen LogP contribution < -0.4 is 11.1 Å². The van der Waals surface area contributed by atoms with Crippen molar-refractivity contribution in [3.05, 3.63) is 59.1 Å². The number of hydrogen-bond acceptors (Lipinski definition) is 2. The lowest BCUT2D eigenvalue weighted by molar-refractivity contribution is 0.763. The van der Waals surface area contributed by atoms with Crippen molar-refractivity contribution in [3.8, 4) is 0 Å². The van der Waals surface area contributed by atoms with Crippen LogP contribution in [0.2, 0.25) is 5.02 Å². The van der Waals surface area contributed by atoms with E-state index < -0.39 is 0 Å². The molecule has 0 fully saturated rings. The summed E-state index contributed by atoms with van der Waals surface area (Å²) in [6.07, 6.45) is 3.39. The van der Waals surface area contributed by atoms with Crippen LogP contribution in [0.1, 0.15) is 18.4 Å². The van der Waals surface area contributed by atoms with Crippen molar-refractivity contribution >= 4 is 23.0 Å². The summed E-state index contributed by atoms with van der Waals surface area (Å²) in [6, 6.07) is 15.9. The Morgan fingerprint density at radius 3 is 2.53 bits per heavy atom. The van der Waals surface area contributed by atoms with Crippen molar-refractivity contribution in [3.63, 3.8) is 0 Å². The first-order valence-corrected chi connectivity index (χ1v) is 6.96. The highest BCUT2D eigenvalue weighted by Gasteiger charge is 1.95. The molecule has 3 heteroatoms. The normalized spacial score (nSPS) is 10.4. The lowest BCUT2D eigenvalue weighted by Crippen LogP contribution is -2.01. The molecule has 3 N–H and O–H groups in total. The molecule has 0 aliphatic rings. The van der Waals surface area contributed by atoms with Gasteiger partial charge in [-0.2, -0.15) is 0 Å². The summed E-state index contributed by atoms with van der Waals surface area (Å²) >= 11 is 5.93. The minimum Gasteiger partial charge on any atom is -0.399 e. The van der Waals surface area contributed by atoms with Gasteiger partial charge in [0.15, 0.2) is 0 Å². The number of hydrogen-bond donors (Lipinski definition) is 2. The third-order valence-electron chi connectivity index (χ3n) is 3.03. The van der Waals surface area contributed by atoms with Crippen LogP contribution in [0, 0.1) is 0 Å². The highest BCUT2D eigenvalue weighted by molar-refractivity contribution is 6.30. The molecule has 0 saturated carbocycles. The van der Waals surface area contributed by atoms with Crippen LogP contribution in [0.4, 0.5) is 11.4 Å². The molecule has 100 valence electrons. The largest absolute Gasteiger partial charge is 0.399 e. The summed E-state index contributed by atoms with van der Waals surface area (Å²) in [6.45, 7) is 0.968. The van der Waals surface area contributed by atoms with E-state index in [0.29, 0.717) is 0 Å². The molecule has 0 heterocycles. The van der Waals surface area contributed by atoms with Crippen LogP contribution in [0.3, 0.4) is 0 Å². The van der Waals surface area contributed by atoms with Crippen LogP contribution in [-0.2, 0) is 6.42 Å². The first kappa shape index (κ1) is 13.8. The molecular weight excluding hydrogens is 256 g/mol. The van der Waals surface area contributed by atoms with Crippen LogP contribution in [0.15, 0.2) is 48.5 Å². The second-order valence-electron chi connectivity index (χ2n) is 4.64. The van der Waals surface area contributed by atoms with E-state index in [1.165, 1.54) is 5.56 Å². The molecule has 0 bridgehead atoms. The molecule has 2 aromatic rings. The van der Waals surface area contributed by atoms with Gasteiger partial charge in [0.1, 0.15) is 0 Å². The van der Waals surface area contributed by atoms with E-state index in [1.807, 2.05) is 36.4 Å². The molecule has 19 heavy (non-hydrogen) atoms. The monoisotopic (exact) mass is 274 g/mol. The number of anilines is 2. The molecule has 0 radical (unpaired) electrons. The Balaban J connectivity index is 1.66. The lowest BCUT2D eigenvalue weighted by atomic mass is 10.1. The van der Waals surface area contributed by atoms with Crippen LogP contribution in [-0.4, -0.2) is 6.54 Å². The second-order valence-corrected chi connectivity index (χ2v) is 5.07. The van der Waals surface area contributed by atoms with Crippen LogP contribution in [0.5, 0.6) is 0 Å². The molecule has 0 atom stereocenters. The van der Waals surface area contributed by atoms with E-state index in [-0.39, 0.29) is 0 Å². The number of unbranched alkanes of at least 4 members (excludes halogenated alkanes) is 1. The molecule has 0 aliphatic heterocycles. The Morgan fingerprint density at radius 2 is 1.79 bits per heavy atom. The SMILES string of the molecule is Nc1ccc(CCCCNc2cccc(Cl)c2)cc1. The zero-order valence-electron chi connectivity index (χ0n) is 10.9. The Hall–Kier alpha value is -1.67. The molecule has 2 nitrogen and oxygen atoms in total. The van der Waals surface area contributed by atoms with Gasteiger partial charge in [0.25, 0.3) is 0 Å². The quantitative estimate of drug-likeness (QED) is 0.607. The number of nitrogen functional groups attached to an aromatic ring is 1. The summed E-state index contributed by atoms with van der Waals surface area (Å²) in [5.41, 5.74) is 8.91. The van der Waals surface area contributed by atoms with Crippen molar-refractivity contribution in [1.82, 2.24) is 0 Å². The van der Waals surface area contributed by atoms with Gasteiger partial charge in [0.05, 0.1) is 0 Å². The Labute approximate surface area is 119 Å². The molecule has 2 aromatic carbocycles. The van der Waals surface area contributed by atoms with Crippen molar-refractivity contribution < 1.29 is 0 Å². The van der Waals surface area contributed by atoms with Gasteiger partial charge in [-0.1, -0.05) is 29.8 Å². The summed E-state index contributed by atoms with van der Waals surface area (Å²) in [7, 11) is 0. The van der Waals surface area contributed by atoms with Crippen LogP contribution in [0.25, 0.3) is 0 Å². The van der Waals surface area contributed by atoms with E-state index in [9.17, 15) is 0 Å². The highest BCUT2D eigenvalue weighted by Crippen LogP contribution is 2.15. The molecule has 0 unspecified atom stereocenters. The smallest absolute Gasteiger partial charge is 0.0426 e. The third kappa shape index (κ3) is 4.84. The number of nitrogens with two attached hydrogens (primary N) is 1. The molecule has 0 amide bonds. The van der Waals surface area contributed by atoms with Gasteiger partial charge in [-0.05, 0) is 55.2 Å². The molecule has 2 rings (SSSR count). The zero-order valence-corrected chi connectivity index (χ0v) is 11.7. The van der Waals surface area contributed by atoms with Gasteiger partial charge in [-0.25, -0.2) is 0 Å². The number of aryl methyl sites for hydroxylation is 1. The van der Waals surface area contributed by atoms with Crippen molar-refractivity contribution in [1.29, 1.82) is 0 Å². The minimum absolute atomic E-state index is 0.770. The maximum absolute atomic E-state index is 5.93. The van der Waals surface area contributed by atoms with Gasteiger partial charge in [-0.3, -0.25) is 0 Å². The van der Waals surface area contributed by atoms with E-state index in [0.717, 1.165) is 42.2 Å². The summed E-state index contributed by atoms with van der Waals surface area (Å²) in [5.74, 6) is 0. The van der Waals surface area contributed by atoms with Crippen molar-refractivity contribution in [2.45, 2.75) is 19.3 Å². The number of benzene rings is 2. The first-order chi connectivity index (χ1) is 9.24. The molecule has 0 aliphatic carbocycles. The fourth-order valence-electron chi connectivity index (χ4n) is 1.97. The Kier molecular flexibility index (Phi) is 5.10. The summed E-state index contributed by atoms with van der Waals surface area (Å²) < 4.78 is 0. The van der Waals surface area contributed by atoms with E-state index >= 15 is 0 Å². The fourth-order valence-corrected chi connectivity index (χ4v) is 2.16. The summed E-state index contributed by atoms with van der Waals surface area (Å²) in [5, 5.41) is 4.15. The average molecular weight is 275 g/mol. The van der Waals surface area contributed by atoms with E-state index in [2.05, 4.69) is 17.4 Å². The van der Waals surface area contributed by atoms with Gasteiger partial charge >= 0.3 is 0 Å². The van der Waals surface area contributed by atoms with Gasteiger partial charge in [0, 0.05) is 22.9 Å². The maximum Gasteiger partial charge on any atom is 0.0426 e. The number of nitrogens with one attached hydrogen (secondary N) is 1. The Morgan fingerprint density at radius 1 is 1.00 bits per heavy atom. The third-order valence-corrected chi connectivity index (χ3v) is 3.26. The van der Waals surface area contributed by atoms with Gasteiger partial charge < -0.3 is 11.1 Å². The lowest BCUT2D eigenvalue weighted by Gasteiger charge is -2.07. The second kappa shape index (κ2) is 7.05. The predicted molar refractivity (Wildman–Crippen MR) is 83.7 cm³/mol. The average Bonchev–Trinajstić information content (AvgIpc) is 2.41. The van der Waals surface area contributed by atoms with Crippen LogP contribution >= 0.6 is 11.6 Å². The van der Waals surface area contributed by atoms with Crippen molar-refractivity contribution in [2.24, 2.45) is 0 Å². The first-order valence-electron chi connectivity index (χ1n) is 6.58. The summed E-state index contributed by atoms with van der Waals surface area (Å²) in [4.78, 5) is 0. The topological polar surface area (TPSA) is 38.0 Å². The number of rotatable bonds is 6. The molecular formula is C16H19ClN2. The van der Waals surface area contributed by atoms with Gasteiger partial charge in [-0.15, -0.1) is 0 Å². The fraction of sp³-hybridized carbons (Fsp3) is 0.250. The highest BCUT2D eigenvalue weighted by atomic mass is 35.5. The Bertz CT molecular complexity index is 508. The number of halogens is 1. The van der Waals surface area contributed by atoms with E-state index in [1.54, 1.807) is 0 Å². The van der Waals surface area contributed by atoms with E-state index in [4.69, 9.17) is 17.3 Å².